The zero-order valence-electron chi connectivity index (χ0n) is 13.0. The molecule has 0 spiro atoms. The molecule has 0 amide bonds. The van der Waals surface area contributed by atoms with E-state index in [0.717, 1.165) is 42.9 Å². The normalized spacial score (nSPS) is 16.7. The summed E-state index contributed by atoms with van der Waals surface area (Å²) in [4.78, 5) is 19.6. The summed E-state index contributed by atoms with van der Waals surface area (Å²) in [6.45, 7) is 4.73. The fraction of sp³-hybridized carbons (Fsp3) is 0.600. The smallest absolute Gasteiger partial charge is 0.309 e. The van der Waals surface area contributed by atoms with Gasteiger partial charge in [-0.05, 0) is 41.8 Å². The number of esters is 1. The Kier molecular flexibility index (Phi) is 6.70. The van der Waals surface area contributed by atoms with Gasteiger partial charge in [0.1, 0.15) is 0 Å². The lowest BCUT2D eigenvalue weighted by molar-refractivity contribution is -0.149. The van der Waals surface area contributed by atoms with Gasteiger partial charge in [-0.3, -0.25) is 9.79 Å². The molecule has 2 rings (SSSR count). The molecule has 122 valence electrons. The van der Waals surface area contributed by atoms with Crippen LogP contribution in [-0.2, 0) is 16.1 Å². The average Bonchev–Trinajstić information content (AvgIpc) is 2.94. The number of likely N-dealkylation sites (tertiary alicyclic amines) is 1. The summed E-state index contributed by atoms with van der Waals surface area (Å²) in [6, 6.07) is 2.11. The van der Waals surface area contributed by atoms with E-state index in [1.165, 1.54) is 4.88 Å². The second-order valence-corrected chi connectivity index (χ2v) is 7.06. The number of piperidine rings is 1. The summed E-state index contributed by atoms with van der Waals surface area (Å²) >= 11 is 5.18. The number of nitrogens with one attached hydrogen (secondary N) is 1. The lowest BCUT2D eigenvalue weighted by Gasteiger charge is -2.33. The number of ether oxygens (including phenoxy) is 1. The summed E-state index contributed by atoms with van der Waals surface area (Å²) in [5.74, 6) is 0.864. The molecule has 22 heavy (non-hydrogen) atoms. The van der Waals surface area contributed by atoms with E-state index in [9.17, 15) is 4.79 Å². The molecule has 5 nitrogen and oxygen atoms in total. The van der Waals surface area contributed by atoms with Gasteiger partial charge in [0.05, 0.1) is 19.1 Å². The Morgan fingerprint density at radius 1 is 1.55 bits per heavy atom. The number of guanidine groups is 1. The fourth-order valence-electron chi connectivity index (χ4n) is 2.53. The van der Waals surface area contributed by atoms with Gasteiger partial charge in [0.15, 0.2) is 5.96 Å². The number of aliphatic imine (C=N–C) groups is 1. The average molecular weight is 388 g/mol. The first-order valence-electron chi connectivity index (χ1n) is 7.49. The van der Waals surface area contributed by atoms with Gasteiger partial charge in [-0.1, -0.05) is 0 Å². The zero-order chi connectivity index (χ0) is 15.9. The zero-order valence-corrected chi connectivity index (χ0v) is 15.4. The molecule has 0 atom stereocenters. The van der Waals surface area contributed by atoms with E-state index in [-0.39, 0.29) is 11.9 Å². The number of nitrogens with zero attached hydrogens (tertiary/aromatic N) is 2. The van der Waals surface area contributed by atoms with Crippen LogP contribution < -0.4 is 5.32 Å². The Balaban J connectivity index is 1.82. The number of hydrogen-bond acceptors (Lipinski definition) is 4. The molecule has 1 aromatic heterocycles. The maximum Gasteiger partial charge on any atom is 0.309 e. The van der Waals surface area contributed by atoms with Crippen LogP contribution in [0.25, 0.3) is 0 Å². The van der Waals surface area contributed by atoms with Crippen molar-refractivity contribution in [1.29, 1.82) is 0 Å². The summed E-state index contributed by atoms with van der Waals surface area (Å²) in [5, 5.41) is 5.46. The maximum atomic E-state index is 11.8. The Morgan fingerprint density at radius 2 is 2.27 bits per heavy atom. The molecule has 0 unspecified atom stereocenters. The monoisotopic (exact) mass is 387 g/mol. The molecular weight excluding hydrogens is 366 g/mol. The van der Waals surface area contributed by atoms with Gasteiger partial charge in [0.2, 0.25) is 0 Å². The van der Waals surface area contributed by atoms with Gasteiger partial charge in [0.25, 0.3) is 0 Å². The van der Waals surface area contributed by atoms with Gasteiger partial charge in [-0.2, -0.15) is 0 Å². The van der Waals surface area contributed by atoms with Crippen molar-refractivity contribution >= 4 is 39.2 Å². The Labute approximate surface area is 143 Å². The van der Waals surface area contributed by atoms with Crippen LogP contribution in [0.15, 0.2) is 20.9 Å². The van der Waals surface area contributed by atoms with Crippen molar-refractivity contribution in [1.82, 2.24) is 10.2 Å². The number of rotatable bonds is 4. The van der Waals surface area contributed by atoms with E-state index in [1.54, 1.807) is 18.4 Å². The summed E-state index contributed by atoms with van der Waals surface area (Å²) in [6.07, 6.45) is 1.65. The SMILES string of the molecule is CCOC(=O)C1CCN(C(=NC)NCc2cc(Br)cs2)CC1. The molecule has 0 aliphatic carbocycles. The molecule has 0 aromatic carbocycles. The predicted octanol–water partition coefficient (Wildman–Crippen LogP) is 2.86. The first-order chi connectivity index (χ1) is 10.6. The molecule has 1 fully saturated rings. The predicted molar refractivity (Wildman–Crippen MR) is 93.1 cm³/mol. The Morgan fingerprint density at radius 3 is 2.82 bits per heavy atom. The number of halogens is 1. The number of thiophene rings is 1. The van der Waals surface area contributed by atoms with Gasteiger partial charge >= 0.3 is 5.97 Å². The van der Waals surface area contributed by atoms with Gasteiger partial charge in [0, 0.05) is 34.9 Å². The van der Waals surface area contributed by atoms with Gasteiger partial charge < -0.3 is 15.0 Å². The van der Waals surface area contributed by atoms with E-state index in [4.69, 9.17) is 4.74 Å². The second kappa shape index (κ2) is 8.53. The van der Waals surface area contributed by atoms with Crippen molar-refractivity contribution in [3.05, 3.63) is 20.8 Å². The molecule has 7 heteroatoms. The van der Waals surface area contributed by atoms with Crippen LogP contribution in [0.3, 0.4) is 0 Å². The lowest BCUT2D eigenvalue weighted by atomic mass is 9.97. The molecule has 1 aromatic rings. The largest absolute Gasteiger partial charge is 0.466 e. The van der Waals surface area contributed by atoms with Crippen molar-refractivity contribution in [3.8, 4) is 0 Å². The summed E-state index contributed by atoms with van der Waals surface area (Å²) in [5.41, 5.74) is 0. The molecular formula is C15H22BrN3O2S. The van der Waals surface area contributed by atoms with Crippen LogP contribution in [-0.4, -0.2) is 43.6 Å². The Bertz CT molecular complexity index is 525. The third kappa shape index (κ3) is 4.71. The van der Waals surface area contributed by atoms with E-state index in [1.807, 2.05) is 6.92 Å². The Hall–Kier alpha value is -1.08. The van der Waals surface area contributed by atoms with Gasteiger partial charge in [-0.15, -0.1) is 11.3 Å². The van der Waals surface area contributed by atoms with Crippen LogP contribution in [0.5, 0.6) is 0 Å². The van der Waals surface area contributed by atoms with E-state index < -0.39 is 0 Å². The second-order valence-electron chi connectivity index (χ2n) is 5.15. The minimum Gasteiger partial charge on any atom is -0.466 e. The van der Waals surface area contributed by atoms with Crippen LogP contribution in [0, 0.1) is 5.92 Å². The van der Waals surface area contributed by atoms with Crippen LogP contribution in [0.2, 0.25) is 0 Å². The fourth-order valence-corrected chi connectivity index (χ4v) is 3.92. The summed E-state index contributed by atoms with van der Waals surface area (Å²) in [7, 11) is 1.80. The first-order valence-corrected chi connectivity index (χ1v) is 9.16. The summed E-state index contributed by atoms with van der Waals surface area (Å²) < 4.78 is 6.22. The highest BCUT2D eigenvalue weighted by atomic mass is 79.9. The first kappa shape index (κ1) is 17.3. The molecule has 0 bridgehead atoms. The van der Waals surface area contributed by atoms with Crippen LogP contribution in [0.4, 0.5) is 0 Å². The molecule has 1 aliphatic heterocycles. The molecule has 2 heterocycles. The van der Waals surface area contributed by atoms with Gasteiger partial charge in [-0.25, -0.2) is 0 Å². The number of hydrogen-bond donors (Lipinski definition) is 1. The lowest BCUT2D eigenvalue weighted by Crippen LogP contribution is -2.46. The highest BCUT2D eigenvalue weighted by Gasteiger charge is 2.27. The topological polar surface area (TPSA) is 53.9 Å². The molecule has 1 N–H and O–H groups in total. The number of carbonyl (C=O) groups is 1. The van der Waals surface area contributed by atoms with Crippen LogP contribution >= 0.6 is 27.3 Å². The van der Waals surface area contributed by atoms with Crippen molar-refractivity contribution in [2.24, 2.45) is 10.9 Å². The molecule has 1 saturated heterocycles. The highest BCUT2D eigenvalue weighted by Crippen LogP contribution is 2.21. The minimum absolute atomic E-state index is 0.0301. The van der Waals surface area contributed by atoms with Crippen LogP contribution in [0.1, 0.15) is 24.6 Å². The van der Waals surface area contributed by atoms with Crippen molar-refractivity contribution < 1.29 is 9.53 Å². The van der Waals surface area contributed by atoms with E-state index in [2.05, 4.69) is 42.6 Å². The third-order valence-electron chi connectivity index (χ3n) is 3.67. The van der Waals surface area contributed by atoms with Crippen molar-refractivity contribution in [3.63, 3.8) is 0 Å². The van der Waals surface area contributed by atoms with Crippen molar-refractivity contribution in [2.75, 3.05) is 26.7 Å². The van der Waals surface area contributed by atoms with Crippen molar-refractivity contribution in [2.45, 2.75) is 26.3 Å². The highest BCUT2D eigenvalue weighted by molar-refractivity contribution is 9.10. The maximum absolute atomic E-state index is 11.8. The minimum atomic E-state index is -0.0615. The molecule has 1 aliphatic rings. The quantitative estimate of drug-likeness (QED) is 0.490. The van der Waals surface area contributed by atoms with E-state index in [0.29, 0.717) is 6.61 Å². The standard InChI is InChI=1S/C15H22BrN3O2S/c1-3-21-14(20)11-4-6-19(7-5-11)15(17-2)18-9-13-8-12(16)10-22-13/h8,10-11H,3-7,9H2,1-2H3,(H,17,18). The molecule has 0 saturated carbocycles. The molecule has 0 radical (unpaired) electrons. The third-order valence-corrected chi connectivity index (χ3v) is 5.37. The number of carbonyl (C=O) groups excluding carboxylic acids is 1. The van der Waals surface area contributed by atoms with E-state index >= 15 is 0 Å².